The van der Waals surface area contributed by atoms with Gasteiger partial charge >= 0.3 is 0 Å². The molecule has 6 heteroatoms. The number of rotatable bonds is 4. The van der Waals surface area contributed by atoms with Gasteiger partial charge in [0.2, 0.25) is 5.95 Å². The first-order valence-electron chi connectivity index (χ1n) is 8.31. The molecule has 1 aromatic carbocycles. The highest BCUT2D eigenvalue weighted by molar-refractivity contribution is 7.80. The maximum atomic E-state index is 5.32. The minimum atomic E-state index is 0.531. The SMILES string of the molecule is Cc1cc(C)nc(NC(=S)NCc2ccc(N3CCCC3)cc2)n1. The van der Waals surface area contributed by atoms with Gasteiger partial charge in [-0.3, -0.25) is 0 Å². The molecule has 1 aliphatic heterocycles. The smallest absolute Gasteiger partial charge is 0.229 e. The Morgan fingerprint density at radius 2 is 1.71 bits per heavy atom. The van der Waals surface area contributed by atoms with Crippen LogP contribution < -0.4 is 15.5 Å². The van der Waals surface area contributed by atoms with Gasteiger partial charge in [-0.15, -0.1) is 0 Å². The molecule has 1 aliphatic rings. The fourth-order valence-electron chi connectivity index (χ4n) is 2.91. The van der Waals surface area contributed by atoms with Crippen molar-refractivity contribution in [2.75, 3.05) is 23.3 Å². The minimum absolute atomic E-state index is 0.531. The number of hydrogen-bond donors (Lipinski definition) is 2. The van der Waals surface area contributed by atoms with E-state index in [0.717, 1.165) is 11.4 Å². The molecule has 0 bridgehead atoms. The van der Waals surface area contributed by atoms with Crippen LogP contribution in [0.2, 0.25) is 0 Å². The Bertz CT molecular complexity index is 688. The van der Waals surface area contributed by atoms with E-state index >= 15 is 0 Å². The van der Waals surface area contributed by atoms with Gasteiger partial charge in [0.15, 0.2) is 5.11 Å². The number of aromatic nitrogens is 2. The van der Waals surface area contributed by atoms with Crippen LogP contribution in [0.25, 0.3) is 0 Å². The average molecular weight is 341 g/mol. The highest BCUT2D eigenvalue weighted by Crippen LogP contribution is 2.20. The second-order valence-corrected chi connectivity index (χ2v) is 6.55. The van der Waals surface area contributed by atoms with Gasteiger partial charge in [0.05, 0.1) is 0 Å². The van der Waals surface area contributed by atoms with Gasteiger partial charge < -0.3 is 15.5 Å². The van der Waals surface area contributed by atoms with E-state index in [1.54, 1.807) is 0 Å². The Hall–Kier alpha value is -2.21. The first-order valence-corrected chi connectivity index (χ1v) is 8.72. The molecule has 1 saturated heterocycles. The van der Waals surface area contributed by atoms with Crippen LogP contribution in [0, 0.1) is 13.8 Å². The van der Waals surface area contributed by atoms with Crippen LogP contribution in [-0.2, 0) is 6.54 Å². The summed E-state index contributed by atoms with van der Waals surface area (Å²) in [7, 11) is 0. The maximum absolute atomic E-state index is 5.32. The summed E-state index contributed by atoms with van der Waals surface area (Å²) in [6.07, 6.45) is 2.59. The molecule has 0 amide bonds. The standard InChI is InChI=1S/C18H23N5S/c1-13-11-14(2)21-17(20-13)22-18(24)19-12-15-5-7-16(8-6-15)23-9-3-4-10-23/h5-8,11H,3-4,9-10,12H2,1-2H3,(H2,19,20,21,22,24). The molecule has 5 nitrogen and oxygen atoms in total. The van der Waals surface area contributed by atoms with E-state index in [0.29, 0.717) is 17.6 Å². The zero-order valence-electron chi connectivity index (χ0n) is 14.2. The molecule has 2 N–H and O–H groups in total. The summed E-state index contributed by atoms with van der Waals surface area (Å²) in [6, 6.07) is 10.6. The largest absolute Gasteiger partial charge is 0.372 e. The van der Waals surface area contributed by atoms with Crippen LogP contribution in [-0.4, -0.2) is 28.2 Å². The number of nitrogens with one attached hydrogen (secondary N) is 2. The maximum Gasteiger partial charge on any atom is 0.229 e. The van der Waals surface area contributed by atoms with Crippen molar-refractivity contribution >= 4 is 29.0 Å². The van der Waals surface area contributed by atoms with E-state index in [9.17, 15) is 0 Å². The van der Waals surface area contributed by atoms with Crippen LogP contribution in [0.1, 0.15) is 29.8 Å². The predicted molar refractivity (Wildman–Crippen MR) is 102 cm³/mol. The van der Waals surface area contributed by atoms with Gasteiger partial charge in [0.1, 0.15) is 0 Å². The normalized spacial score (nSPS) is 13.8. The zero-order valence-corrected chi connectivity index (χ0v) is 15.0. The summed E-state index contributed by atoms with van der Waals surface area (Å²) in [5.41, 5.74) is 4.35. The molecule has 1 aromatic heterocycles. The van der Waals surface area contributed by atoms with Crippen molar-refractivity contribution in [3.8, 4) is 0 Å². The van der Waals surface area contributed by atoms with Gasteiger partial charge in [-0.1, -0.05) is 12.1 Å². The average Bonchev–Trinajstić information content (AvgIpc) is 3.07. The first-order chi connectivity index (χ1) is 11.6. The molecular formula is C18H23N5S. The lowest BCUT2D eigenvalue weighted by Gasteiger charge is -2.18. The monoisotopic (exact) mass is 341 g/mol. The van der Waals surface area contributed by atoms with Crippen molar-refractivity contribution in [3.05, 3.63) is 47.3 Å². The van der Waals surface area contributed by atoms with Gasteiger partial charge in [0, 0.05) is 36.7 Å². The third-order valence-electron chi connectivity index (χ3n) is 4.07. The van der Waals surface area contributed by atoms with Crippen LogP contribution >= 0.6 is 12.2 Å². The summed E-state index contributed by atoms with van der Waals surface area (Å²) >= 11 is 5.32. The van der Waals surface area contributed by atoms with Gasteiger partial charge in [0.25, 0.3) is 0 Å². The Kier molecular flexibility index (Phi) is 5.25. The zero-order chi connectivity index (χ0) is 16.9. The van der Waals surface area contributed by atoms with Crippen LogP contribution in [0.4, 0.5) is 11.6 Å². The fourth-order valence-corrected chi connectivity index (χ4v) is 3.07. The second-order valence-electron chi connectivity index (χ2n) is 6.14. The van der Waals surface area contributed by atoms with E-state index in [-0.39, 0.29) is 0 Å². The predicted octanol–water partition coefficient (Wildman–Crippen LogP) is 3.18. The van der Waals surface area contributed by atoms with Crippen LogP contribution in [0.3, 0.4) is 0 Å². The van der Waals surface area contributed by atoms with Crippen molar-refractivity contribution in [3.63, 3.8) is 0 Å². The van der Waals surface area contributed by atoms with Crippen molar-refractivity contribution in [2.24, 2.45) is 0 Å². The third kappa shape index (κ3) is 4.41. The van der Waals surface area contributed by atoms with Crippen LogP contribution in [0.5, 0.6) is 0 Å². The van der Waals surface area contributed by atoms with Crippen molar-refractivity contribution in [2.45, 2.75) is 33.2 Å². The number of hydrogen-bond acceptors (Lipinski definition) is 4. The number of anilines is 2. The number of thiocarbonyl (C=S) groups is 1. The summed E-state index contributed by atoms with van der Waals surface area (Å²) in [4.78, 5) is 11.1. The molecule has 2 aromatic rings. The lowest BCUT2D eigenvalue weighted by Crippen LogP contribution is -2.29. The second kappa shape index (κ2) is 7.57. The van der Waals surface area contributed by atoms with Gasteiger partial charge in [-0.2, -0.15) is 0 Å². The highest BCUT2D eigenvalue weighted by atomic mass is 32.1. The summed E-state index contributed by atoms with van der Waals surface area (Å²) in [5.74, 6) is 0.536. The lowest BCUT2D eigenvalue weighted by molar-refractivity contribution is 0.917. The van der Waals surface area contributed by atoms with Gasteiger partial charge in [-0.25, -0.2) is 9.97 Å². The van der Waals surface area contributed by atoms with E-state index in [1.807, 2.05) is 19.9 Å². The first kappa shape index (κ1) is 16.6. The minimum Gasteiger partial charge on any atom is -0.372 e. The van der Waals surface area contributed by atoms with Crippen molar-refractivity contribution in [1.29, 1.82) is 0 Å². The van der Waals surface area contributed by atoms with E-state index in [2.05, 4.69) is 49.8 Å². The molecule has 0 radical (unpaired) electrons. The summed E-state index contributed by atoms with van der Waals surface area (Å²) < 4.78 is 0. The lowest BCUT2D eigenvalue weighted by atomic mass is 10.2. The quantitative estimate of drug-likeness (QED) is 0.833. The summed E-state index contributed by atoms with van der Waals surface area (Å²) in [5, 5.41) is 6.77. The van der Waals surface area contributed by atoms with E-state index in [1.165, 1.54) is 37.2 Å². The number of aryl methyl sites for hydroxylation is 2. The van der Waals surface area contributed by atoms with Crippen molar-refractivity contribution < 1.29 is 0 Å². The summed E-state index contributed by atoms with van der Waals surface area (Å²) in [6.45, 7) is 6.90. The Morgan fingerprint density at radius 1 is 1.08 bits per heavy atom. The molecule has 126 valence electrons. The van der Waals surface area contributed by atoms with Crippen LogP contribution in [0.15, 0.2) is 30.3 Å². The molecule has 0 spiro atoms. The van der Waals surface area contributed by atoms with Crippen molar-refractivity contribution in [1.82, 2.24) is 15.3 Å². The molecule has 0 atom stereocenters. The third-order valence-corrected chi connectivity index (χ3v) is 4.31. The molecule has 3 rings (SSSR count). The molecule has 24 heavy (non-hydrogen) atoms. The molecule has 2 heterocycles. The topological polar surface area (TPSA) is 53.1 Å². The fraction of sp³-hybridized carbons (Fsp3) is 0.389. The Morgan fingerprint density at radius 3 is 2.33 bits per heavy atom. The number of benzene rings is 1. The molecular weight excluding hydrogens is 318 g/mol. The Labute approximate surface area is 148 Å². The van der Waals surface area contributed by atoms with E-state index in [4.69, 9.17) is 12.2 Å². The highest BCUT2D eigenvalue weighted by Gasteiger charge is 2.11. The van der Waals surface area contributed by atoms with E-state index < -0.39 is 0 Å². The molecule has 1 fully saturated rings. The molecule has 0 aliphatic carbocycles. The Balaban J connectivity index is 1.52. The molecule has 0 saturated carbocycles. The van der Waals surface area contributed by atoms with Gasteiger partial charge in [-0.05, 0) is 62.7 Å². The number of nitrogens with zero attached hydrogens (tertiary/aromatic N) is 3. The molecule has 0 unspecified atom stereocenters.